The summed E-state index contributed by atoms with van der Waals surface area (Å²) in [7, 11) is 0. The van der Waals surface area contributed by atoms with E-state index in [2.05, 4.69) is 0 Å². The molecule has 2 amide bonds. The Bertz CT molecular complexity index is 813. The van der Waals surface area contributed by atoms with Gasteiger partial charge in [-0.2, -0.15) is 0 Å². The van der Waals surface area contributed by atoms with Gasteiger partial charge in [-0.1, -0.05) is 48.0 Å². The number of rotatable bonds is 5. The van der Waals surface area contributed by atoms with Crippen LogP contribution in [0, 0.1) is 5.82 Å². The van der Waals surface area contributed by atoms with Crippen LogP contribution in [0.1, 0.15) is 18.1 Å². The van der Waals surface area contributed by atoms with Crippen molar-refractivity contribution in [3.05, 3.63) is 70.5 Å². The lowest BCUT2D eigenvalue weighted by Crippen LogP contribution is -2.58. The number of carbonyl (C=O) groups excluding carboxylic acids is 2. The highest BCUT2D eigenvalue weighted by Gasteiger charge is 2.36. The van der Waals surface area contributed by atoms with E-state index in [0.717, 1.165) is 5.56 Å². The quantitative estimate of drug-likeness (QED) is 0.805. The molecule has 0 radical (unpaired) electrons. The van der Waals surface area contributed by atoms with Gasteiger partial charge in [0, 0.05) is 18.1 Å². The molecule has 0 unspecified atom stereocenters. The van der Waals surface area contributed by atoms with Crippen molar-refractivity contribution in [2.24, 2.45) is 0 Å². The Morgan fingerprint density at radius 1 is 1.15 bits per heavy atom. The lowest BCUT2D eigenvalue weighted by atomic mass is 10.1. The first-order chi connectivity index (χ1) is 12.5. The predicted octanol–water partition coefficient (Wildman–Crippen LogP) is 3.28. The Labute approximate surface area is 157 Å². The van der Waals surface area contributed by atoms with Gasteiger partial charge in [0.2, 0.25) is 11.8 Å². The van der Waals surface area contributed by atoms with Crippen molar-refractivity contribution in [2.45, 2.75) is 25.9 Å². The maximum absolute atomic E-state index is 13.2. The highest BCUT2D eigenvalue weighted by atomic mass is 35.5. The Kier molecular flexibility index (Phi) is 5.57. The van der Waals surface area contributed by atoms with E-state index in [1.165, 1.54) is 17.0 Å². The molecule has 1 fully saturated rings. The van der Waals surface area contributed by atoms with Gasteiger partial charge >= 0.3 is 0 Å². The van der Waals surface area contributed by atoms with Gasteiger partial charge in [0.1, 0.15) is 11.9 Å². The molecule has 136 valence electrons. The van der Waals surface area contributed by atoms with Gasteiger partial charge in [-0.25, -0.2) is 4.39 Å². The van der Waals surface area contributed by atoms with Gasteiger partial charge in [-0.15, -0.1) is 0 Å². The smallest absolute Gasteiger partial charge is 0.245 e. The summed E-state index contributed by atoms with van der Waals surface area (Å²) in [6.07, 6.45) is 0.705. The molecule has 4 nitrogen and oxygen atoms in total. The lowest BCUT2D eigenvalue weighted by Gasteiger charge is -2.39. The third-order valence-electron chi connectivity index (χ3n) is 4.65. The van der Waals surface area contributed by atoms with Gasteiger partial charge in [-0.05, 0) is 36.6 Å². The third kappa shape index (κ3) is 4.05. The summed E-state index contributed by atoms with van der Waals surface area (Å²) in [5, 5.41) is 0.254. The summed E-state index contributed by atoms with van der Waals surface area (Å²) in [5.74, 6) is -0.649. The van der Waals surface area contributed by atoms with Crippen LogP contribution in [0.15, 0.2) is 48.5 Å². The second-order valence-corrected chi connectivity index (χ2v) is 6.84. The maximum atomic E-state index is 13.2. The van der Waals surface area contributed by atoms with Crippen LogP contribution < -0.4 is 0 Å². The van der Waals surface area contributed by atoms with Crippen molar-refractivity contribution in [1.82, 2.24) is 9.80 Å². The highest BCUT2D eigenvalue weighted by molar-refractivity contribution is 6.31. The van der Waals surface area contributed by atoms with E-state index >= 15 is 0 Å². The second-order valence-electron chi connectivity index (χ2n) is 6.43. The zero-order valence-electron chi connectivity index (χ0n) is 14.5. The number of nitrogens with zero attached hydrogens (tertiary/aromatic N) is 2. The summed E-state index contributed by atoms with van der Waals surface area (Å²) in [4.78, 5) is 28.3. The lowest BCUT2D eigenvalue weighted by molar-refractivity contribution is -0.155. The van der Waals surface area contributed by atoms with Crippen LogP contribution in [0.25, 0.3) is 0 Å². The molecule has 26 heavy (non-hydrogen) atoms. The number of halogens is 2. The van der Waals surface area contributed by atoms with Crippen molar-refractivity contribution >= 4 is 23.4 Å². The average molecular weight is 375 g/mol. The molecule has 3 rings (SSSR count). The Morgan fingerprint density at radius 3 is 2.58 bits per heavy atom. The van der Waals surface area contributed by atoms with Crippen molar-refractivity contribution in [3.8, 4) is 0 Å². The second kappa shape index (κ2) is 7.87. The van der Waals surface area contributed by atoms with Crippen molar-refractivity contribution in [3.63, 3.8) is 0 Å². The summed E-state index contributed by atoms with van der Waals surface area (Å²) in [6, 6.07) is 13.3. The SMILES string of the molecule is C[C@H]1C(=O)N(CCc2ccccc2)CC(=O)N1Cc1ccc(F)cc1Cl. The van der Waals surface area contributed by atoms with Crippen molar-refractivity contribution in [2.75, 3.05) is 13.1 Å². The van der Waals surface area contributed by atoms with Crippen LogP contribution in [0.4, 0.5) is 4.39 Å². The molecule has 2 aromatic rings. The fourth-order valence-corrected chi connectivity index (χ4v) is 3.33. The molecule has 1 heterocycles. The third-order valence-corrected chi connectivity index (χ3v) is 5.00. The van der Waals surface area contributed by atoms with Crippen LogP contribution in [0.2, 0.25) is 5.02 Å². The summed E-state index contributed by atoms with van der Waals surface area (Å²) < 4.78 is 13.2. The zero-order chi connectivity index (χ0) is 18.7. The van der Waals surface area contributed by atoms with Crippen molar-refractivity contribution < 1.29 is 14.0 Å². The topological polar surface area (TPSA) is 40.6 Å². The molecular weight excluding hydrogens is 355 g/mol. The van der Waals surface area contributed by atoms with E-state index in [4.69, 9.17) is 11.6 Å². The van der Waals surface area contributed by atoms with E-state index in [-0.39, 0.29) is 29.9 Å². The molecule has 6 heteroatoms. The van der Waals surface area contributed by atoms with Gasteiger partial charge in [0.15, 0.2) is 0 Å². The van der Waals surface area contributed by atoms with Crippen LogP contribution in [0.5, 0.6) is 0 Å². The van der Waals surface area contributed by atoms with Crippen LogP contribution in [-0.4, -0.2) is 40.7 Å². The normalized spacial score (nSPS) is 17.7. The van der Waals surface area contributed by atoms with E-state index in [0.29, 0.717) is 18.5 Å². The molecule has 0 bridgehead atoms. The number of benzene rings is 2. The largest absolute Gasteiger partial charge is 0.331 e. The first kappa shape index (κ1) is 18.4. The van der Waals surface area contributed by atoms with Gasteiger partial charge in [0.25, 0.3) is 0 Å². The molecule has 0 aromatic heterocycles. The Hall–Kier alpha value is -2.40. The van der Waals surface area contributed by atoms with E-state index < -0.39 is 11.9 Å². The van der Waals surface area contributed by atoms with Crippen molar-refractivity contribution in [1.29, 1.82) is 0 Å². The first-order valence-electron chi connectivity index (χ1n) is 8.52. The summed E-state index contributed by atoms with van der Waals surface area (Å²) >= 11 is 6.05. The molecule has 0 N–H and O–H groups in total. The van der Waals surface area contributed by atoms with E-state index in [9.17, 15) is 14.0 Å². The average Bonchev–Trinajstić information content (AvgIpc) is 2.63. The monoisotopic (exact) mass is 374 g/mol. The van der Waals surface area contributed by atoms with Crippen LogP contribution in [-0.2, 0) is 22.6 Å². The summed E-state index contributed by atoms with van der Waals surface area (Å²) in [6.45, 7) is 2.46. The molecule has 0 spiro atoms. The Morgan fingerprint density at radius 2 is 1.88 bits per heavy atom. The molecule has 1 atom stereocenters. The number of piperazine rings is 1. The minimum atomic E-state index is -0.576. The number of amides is 2. The fraction of sp³-hybridized carbons (Fsp3) is 0.300. The number of hydrogen-bond donors (Lipinski definition) is 0. The maximum Gasteiger partial charge on any atom is 0.245 e. The minimum absolute atomic E-state index is 0.0504. The number of carbonyl (C=O) groups is 2. The van der Waals surface area contributed by atoms with E-state index in [1.807, 2.05) is 30.3 Å². The zero-order valence-corrected chi connectivity index (χ0v) is 15.2. The highest BCUT2D eigenvalue weighted by Crippen LogP contribution is 2.22. The minimum Gasteiger partial charge on any atom is -0.331 e. The molecule has 0 aliphatic carbocycles. The molecule has 1 aliphatic heterocycles. The standard InChI is InChI=1S/C20H20ClFN2O2/c1-14-20(26)23(10-9-15-5-3-2-4-6-15)13-19(25)24(14)12-16-7-8-17(22)11-18(16)21/h2-8,11,14H,9-10,12-13H2,1H3/t14-/m0/s1. The molecule has 1 saturated heterocycles. The first-order valence-corrected chi connectivity index (χ1v) is 8.89. The van der Waals surface area contributed by atoms with Crippen LogP contribution in [0.3, 0.4) is 0 Å². The van der Waals surface area contributed by atoms with Gasteiger partial charge in [-0.3, -0.25) is 9.59 Å². The summed E-state index contributed by atoms with van der Waals surface area (Å²) in [5.41, 5.74) is 1.75. The fourth-order valence-electron chi connectivity index (χ4n) is 3.10. The van der Waals surface area contributed by atoms with E-state index in [1.54, 1.807) is 17.9 Å². The van der Waals surface area contributed by atoms with Crippen LogP contribution >= 0.6 is 11.6 Å². The molecular formula is C20H20ClFN2O2. The predicted molar refractivity (Wildman–Crippen MR) is 98.1 cm³/mol. The Balaban J connectivity index is 1.67. The molecule has 2 aromatic carbocycles. The molecule has 1 aliphatic rings. The number of hydrogen-bond acceptors (Lipinski definition) is 2. The van der Waals surface area contributed by atoms with Gasteiger partial charge in [0.05, 0.1) is 6.54 Å². The van der Waals surface area contributed by atoms with Gasteiger partial charge < -0.3 is 9.80 Å². The molecule has 0 saturated carbocycles.